The molecule has 4 heteroatoms. The van der Waals surface area contributed by atoms with Crippen LogP contribution in [0.5, 0.6) is 0 Å². The highest BCUT2D eigenvalue weighted by Gasteiger charge is 2.21. The number of benzene rings is 10. The first kappa shape index (κ1) is 36.9. The zero-order valence-corrected chi connectivity index (χ0v) is 36.3. The van der Waals surface area contributed by atoms with Crippen LogP contribution in [-0.4, -0.2) is 4.57 Å². The van der Waals surface area contributed by atoms with Crippen LogP contribution >= 0.6 is 22.7 Å². The third-order valence-corrected chi connectivity index (χ3v) is 15.2. The molecule has 0 spiro atoms. The first-order valence-electron chi connectivity index (χ1n) is 21.7. The molecule has 10 aromatic carbocycles. The predicted octanol–water partition coefficient (Wildman–Crippen LogP) is 18.0. The smallest absolute Gasteiger partial charge is 0.0541 e. The van der Waals surface area contributed by atoms with Gasteiger partial charge in [0.25, 0.3) is 0 Å². The summed E-state index contributed by atoms with van der Waals surface area (Å²) in [5.41, 5.74) is 14.2. The van der Waals surface area contributed by atoms with Gasteiger partial charge >= 0.3 is 0 Å². The summed E-state index contributed by atoms with van der Waals surface area (Å²) < 4.78 is 7.60. The summed E-state index contributed by atoms with van der Waals surface area (Å²) in [7, 11) is 0. The van der Waals surface area contributed by atoms with Gasteiger partial charge in [-0.05, 0) is 113 Å². The van der Waals surface area contributed by atoms with Gasteiger partial charge in [-0.3, -0.25) is 0 Å². The summed E-state index contributed by atoms with van der Waals surface area (Å²) in [5, 5.41) is 7.60. The van der Waals surface area contributed by atoms with E-state index < -0.39 is 0 Å². The van der Waals surface area contributed by atoms with Crippen molar-refractivity contribution >= 4 is 102 Å². The van der Waals surface area contributed by atoms with Crippen molar-refractivity contribution in [3.8, 4) is 39.1 Å². The Hall–Kier alpha value is -7.76. The molecule has 0 saturated heterocycles. The minimum Gasteiger partial charge on any atom is -0.310 e. The summed E-state index contributed by atoms with van der Waals surface area (Å²) in [4.78, 5) is 2.46. The third kappa shape index (κ3) is 6.06. The second-order valence-electron chi connectivity index (χ2n) is 16.5. The Bertz CT molecular complexity index is 3880. The Morgan fingerprint density at radius 2 is 0.812 bits per heavy atom. The SMILES string of the molecule is c1ccc(-c2ccc(N(c3ccc4sc5ccccc5c4c3)c3cc(-c4ccc5c(c4)c4ccccc4n5-c4ccc(-c5ccccc5)cc4)c4sc5ccccc5c4c3)cc2)cc1. The van der Waals surface area contributed by atoms with Gasteiger partial charge in [0.05, 0.1) is 11.0 Å². The highest BCUT2D eigenvalue weighted by atomic mass is 32.1. The van der Waals surface area contributed by atoms with Crippen molar-refractivity contribution in [3.63, 3.8) is 0 Å². The van der Waals surface area contributed by atoms with Gasteiger partial charge in [0.2, 0.25) is 0 Å². The van der Waals surface area contributed by atoms with Crippen LogP contribution in [0.1, 0.15) is 0 Å². The Kier molecular flexibility index (Phi) is 8.61. The van der Waals surface area contributed by atoms with Crippen LogP contribution in [0.3, 0.4) is 0 Å². The highest BCUT2D eigenvalue weighted by Crippen LogP contribution is 2.48. The second kappa shape index (κ2) is 15.0. The summed E-state index contributed by atoms with van der Waals surface area (Å²) in [6.07, 6.45) is 0. The number of aromatic nitrogens is 1. The normalized spacial score (nSPS) is 11.8. The van der Waals surface area contributed by atoms with Crippen LogP contribution in [-0.2, 0) is 0 Å². The van der Waals surface area contributed by atoms with Crippen molar-refractivity contribution in [3.05, 3.63) is 231 Å². The zero-order valence-electron chi connectivity index (χ0n) is 34.7. The minimum absolute atomic E-state index is 1.11. The molecule has 0 N–H and O–H groups in total. The van der Waals surface area contributed by atoms with E-state index in [1.807, 2.05) is 22.7 Å². The monoisotopic (exact) mass is 850 g/mol. The van der Waals surface area contributed by atoms with E-state index >= 15 is 0 Å². The van der Waals surface area contributed by atoms with Gasteiger partial charge in [-0.15, -0.1) is 22.7 Å². The lowest BCUT2D eigenvalue weighted by Crippen LogP contribution is -2.10. The average molecular weight is 851 g/mol. The number of thiophene rings is 2. The van der Waals surface area contributed by atoms with Crippen LogP contribution in [0.4, 0.5) is 17.1 Å². The largest absolute Gasteiger partial charge is 0.310 e. The molecule has 0 amide bonds. The third-order valence-electron chi connectivity index (χ3n) is 12.8. The first-order chi connectivity index (χ1) is 31.7. The minimum atomic E-state index is 1.11. The fourth-order valence-corrected chi connectivity index (χ4v) is 12.0. The van der Waals surface area contributed by atoms with Crippen LogP contribution in [0, 0.1) is 0 Å². The molecule has 0 unspecified atom stereocenters. The molecule has 64 heavy (non-hydrogen) atoms. The van der Waals surface area contributed by atoms with E-state index in [1.165, 1.54) is 95.5 Å². The maximum absolute atomic E-state index is 2.46. The van der Waals surface area contributed by atoms with E-state index in [0.717, 1.165) is 22.7 Å². The average Bonchev–Trinajstić information content (AvgIpc) is 4.04. The van der Waals surface area contributed by atoms with Gasteiger partial charge in [0, 0.05) is 79.4 Å². The van der Waals surface area contributed by atoms with E-state index in [9.17, 15) is 0 Å². The van der Waals surface area contributed by atoms with Crippen LogP contribution in [0.2, 0.25) is 0 Å². The molecule has 0 bridgehead atoms. The topological polar surface area (TPSA) is 8.17 Å². The van der Waals surface area contributed by atoms with E-state index in [1.54, 1.807) is 0 Å². The van der Waals surface area contributed by atoms with Gasteiger partial charge in [0.1, 0.15) is 0 Å². The van der Waals surface area contributed by atoms with Crippen molar-refractivity contribution in [2.24, 2.45) is 0 Å². The van der Waals surface area contributed by atoms with Crippen LogP contribution < -0.4 is 4.90 Å². The maximum Gasteiger partial charge on any atom is 0.0541 e. The van der Waals surface area contributed by atoms with Gasteiger partial charge < -0.3 is 9.47 Å². The Balaban J connectivity index is 1.02. The molecule has 0 fully saturated rings. The Morgan fingerprint density at radius 1 is 0.297 bits per heavy atom. The molecular formula is C60H38N2S2. The highest BCUT2D eigenvalue weighted by molar-refractivity contribution is 7.26. The maximum atomic E-state index is 2.46. The molecule has 13 rings (SSSR count). The van der Waals surface area contributed by atoms with Gasteiger partial charge in [-0.2, -0.15) is 0 Å². The second-order valence-corrected chi connectivity index (χ2v) is 18.6. The molecular weight excluding hydrogens is 813 g/mol. The number of fused-ring (bicyclic) bond motifs is 9. The quantitative estimate of drug-likeness (QED) is 0.155. The van der Waals surface area contributed by atoms with Crippen molar-refractivity contribution in [2.75, 3.05) is 4.90 Å². The standard InChI is InChI=1S/C60H38N2S2/c1-3-13-39(14-4-1)41-23-28-44(29-24-41)61(46-32-34-59-53(36-46)49-18-8-11-21-57(49)63-59)47-37-51(60-54(38-47)50-19-9-12-22-58(50)64-60)43-27-33-56-52(35-43)48-17-7-10-20-55(48)62(56)45-30-25-42(26-31-45)40-15-5-2-6-16-40/h1-38H. The van der Waals surface area contributed by atoms with Crippen molar-refractivity contribution < 1.29 is 0 Å². The lowest BCUT2D eigenvalue weighted by atomic mass is 9.98. The van der Waals surface area contributed by atoms with Crippen LogP contribution in [0.25, 0.3) is 101 Å². The van der Waals surface area contributed by atoms with Gasteiger partial charge in [-0.25, -0.2) is 0 Å². The molecule has 0 saturated carbocycles. The van der Waals surface area contributed by atoms with Crippen molar-refractivity contribution in [1.82, 2.24) is 4.57 Å². The lowest BCUT2D eigenvalue weighted by Gasteiger charge is -2.27. The summed E-state index contributed by atoms with van der Waals surface area (Å²) in [6, 6.07) is 84.7. The molecule has 2 nitrogen and oxygen atoms in total. The zero-order chi connectivity index (χ0) is 42.1. The van der Waals surface area contributed by atoms with E-state index in [0.29, 0.717) is 0 Å². The number of rotatable bonds is 7. The van der Waals surface area contributed by atoms with E-state index in [4.69, 9.17) is 0 Å². The lowest BCUT2D eigenvalue weighted by molar-refractivity contribution is 1.18. The van der Waals surface area contributed by atoms with E-state index in [-0.39, 0.29) is 0 Å². The Morgan fingerprint density at radius 3 is 1.53 bits per heavy atom. The molecule has 0 aliphatic rings. The molecule has 0 atom stereocenters. The molecule has 300 valence electrons. The van der Waals surface area contributed by atoms with Crippen LogP contribution in [0.15, 0.2) is 231 Å². The predicted molar refractivity (Wildman–Crippen MR) is 278 cm³/mol. The fraction of sp³-hybridized carbons (Fsp3) is 0. The number of hydrogen-bond acceptors (Lipinski definition) is 3. The summed E-state index contributed by atoms with van der Waals surface area (Å²) >= 11 is 3.75. The molecule has 3 aromatic heterocycles. The number of hydrogen-bond donors (Lipinski definition) is 0. The molecule has 0 radical (unpaired) electrons. The summed E-state index contributed by atoms with van der Waals surface area (Å²) in [6.45, 7) is 0. The first-order valence-corrected chi connectivity index (χ1v) is 23.4. The fourth-order valence-electron chi connectivity index (χ4n) is 9.74. The molecule has 13 aromatic rings. The van der Waals surface area contributed by atoms with Crippen molar-refractivity contribution in [2.45, 2.75) is 0 Å². The van der Waals surface area contributed by atoms with Crippen molar-refractivity contribution in [1.29, 1.82) is 0 Å². The number of anilines is 3. The number of nitrogens with zero attached hydrogens (tertiary/aromatic N) is 2. The van der Waals surface area contributed by atoms with Gasteiger partial charge in [-0.1, -0.05) is 146 Å². The Labute approximate surface area is 378 Å². The van der Waals surface area contributed by atoms with Gasteiger partial charge in [0.15, 0.2) is 0 Å². The molecule has 0 aliphatic heterocycles. The summed E-state index contributed by atoms with van der Waals surface area (Å²) in [5.74, 6) is 0. The van der Waals surface area contributed by atoms with E-state index in [2.05, 4.69) is 240 Å². The molecule has 3 heterocycles. The molecule has 0 aliphatic carbocycles. The number of para-hydroxylation sites is 1.